The van der Waals surface area contributed by atoms with E-state index in [4.69, 9.17) is 4.74 Å². The normalized spacial score (nSPS) is 22.1. The first kappa shape index (κ1) is 18.2. The third kappa shape index (κ3) is 4.46. The fraction of sp³-hybridized carbons (Fsp3) is 0.556. The van der Waals surface area contributed by atoms with E-state index >= 15 is 0 Å². The Kier molecular flexibility index (Phi) is 5.16. The second-order valence-electron chi connectivity index (χ2n) is 7.22. The molecule has 1 aromatic rings. The number of carbonyl (C=O) groups is 2. The standard InChI is InChI=1S/C18H25FN2O3/c1-13(14-8-6-5-7-9-14)20-15(22)18(19)10-11-21(12-18)16(23)24-17(2,3)4/h5-9,13H,10-12H2,1-4H3,(H,20,22)/t13-,18?/m1/s1. The third-order valence-electron chi connectivity index (χ3n) is 3.93. The Morgan fingerprint density at radius 3 is 2.50 bits per heavy atom. The van der Waals surface area contributed by atoms with Crippen LogP contribution in [0.15, 0.2) is 30.3 Å². The maximum atomic E-state index is 15.0. The summed E-state index contributed by atoms with van der Waals surface area (Å²) in [4.78, 5) is 25.6. The highest BCUT2D eigenvalue weighted by Gasteiger charge is 2.47. The number of halogens is 1. The van der Waals surface area contributed by atoms with Crippen LogP contribution >= 0.6 is 0 Å². The Labute approximate surface area is 142 Å². The van der Waals surface area contributed by atoms with Crippen LogP contribution in [0.5, 0.6) is 0 Å². The molecule has 0 aromatic heterocycles. The number of likely N-dealkylation sites (tertiary alicyclic amines) is 1. The summed E-state index contributed by atoms with van der Waals surface area (Å²) < 4.78 is 20.2. The summed E-state index contributed by atoms with van der Waals surface area (Å²) in [6.45, 7) is 6.93. The van der Waals surface area contributed by atoms with Crippen molar-refractivity contribution < 1.29 is 18.7 Å². The molecule has 2 atom stereocenters. The Balaban J connectivity index is 1.96. The van der Waals surface area contributed by atoms with Crippen molar-refractivity contribution in [2.45, 2.75) is 51.4 Å². The molecule has 2 rings (SSSR count). The van der Waals surface area contributed by atoms with E-state index in [2.05, 4.69) is 5.32 Å². The highest BCUT2D eigenvalue weighted by Crippen LogP contribution is 2.28. The SMILES string of the molecule is C[C@@H](NC(=O)C1(F)CCN(C(=O)OC(C)(C)C)C1)c1ccccc1. The molecule has 1 N–H and O–H groups in total. The lowest BCUT2D eigenvalue weighted by Crippen LogP contribution is -2.47. The minimum absolute atomic E-state index is 0.0282. The van der Waals surface area contributed by atoms with E-state index in [1.54, 1.807) is 27.7 Å². The van der Waals surface area contributed by atoms with Crippen LogP contribution < -0.4 is 5.32 Å². The average Bonchev–Trinajstić information content (AvgIpc) is 2.90. The summed E-state index contributed by atoms with van der Waals surface area (Å²) in [7, 11) is 0. The van der Waals surface area contributed by atoms with Gasteiger partial charge in [0.1, 0.15) is 5.60 Å². The largest absolute Gasteiger partial charge is 0.444 e. The number of nitrogens with one attached hydrogen (secondary N) is 1. The number of hydrogen-bond acceptors (Lipinski definition) is 3. The van der Waals surface area contributed by atoms with Crippen LogP contribution in [-0.2, 0) is 9.53 Å². The number of nitrogens with zero attached hydrogens (tertiary/aromatic N) is 1. The van der Waals surface area contributed by atoms with Gasteiger partial charge in [-0.25, -0.2) is 9.18 Å². The van der Waals surface area contributed by atoms with Gasteiger partial charge in [0.25, 0.3) is 5.91 Å². The molecule has 0 radical (unpaired) electrons. The number of benzene rings is 1. The van der Waals surface area contributed by atoms with Crippen LogP contribution in [0.25, 0.3) is 0 Å². The van der Waals surface area contributed by atoms with Gasteiger partial charge in [-0.05, 0) is 33.3 Å². The molecule has 1 aromatic carbocycles. The van der Waals surface area contributed by atoms with Gasteiger partial charge in [0.15, 0.2) is 0 Å². The number of ether oxygens (including phenoxy) is 1. The maximum Gasteiger partial charge on any atom is 0.410 e. The van der Waals surface area contributed by atoms with Crippen molar-refractivity contribution in [3.05, 3.63) is 35.9 Å². The van der Waals surface area contributed by atoms with Crippen LogP contribution in [0.1, 0.15) is 45.7 Å². The van der Waals surface area contributed by atoms with Gasteiger partial charge in [-0.3, -0.25) is 4.79 Å². The zero-order valence-corrected chi connectivity index (χ0v) is 14.6. The third-order valence-corrected chi connectivity index (χ3v) is 3.93. The molecule has 0 saturated carbocycles. The summed E-state index contributed by atoms with van der Waals surface area (Å²) in [5.41, 5.74) is -1.83. The number of rotatable bonds is 3. The Hall–Kier alpha value is -2.11. The highest BCUT2D eigenvalue weighted by atomic mass is 19.1. The van der Waals surface area contributed by atoms with E-state index in [0.29, 0.717) is 0 Å². The molecular formula is C18H25FN2O3. The molecular weight excluding hydrogens is 311 g/mol. The summed E-state index contributed by atoms with van der Waals surface area (Å²) in [5.74, 6) is -0.690. The van der Waals surface area contributed by atoms with Crippen molar-refractivity contribution in [3.8, 4) is 0 Å². The molecule has 1 unspecified atom stereocenters. The molecule has 0 aliphatic carbocycles. The molecule has 1 aliphatic rings. The topological polar surface area (TPSA) is 58.6 Å². The number of amides is 2. The summed E-state index contributed by atoms with van der Waals surface area (Å²) in [6, 6.07) is 9.05. The Morgan fingerprint density at radius 2 is 1.92 bits per heavy atom. The van der Waals surface area contributed by atoms with E-state index in [1.165, 1.54) is 4.90 Å². The quantitative estimate of drug-likeness (QED) is 0.922. The van der Waals surface area contributed by atoms with Gasteiger partial charge in [-0.15, -0.1) is 0 Å². The molecule has 1 aliphatic heterocycles. The monoisotopic (exact) mass is 336 g/mol. The van der Waals surface area contributed by atoms with Gasteiger partial charge in [0.05, 0.1) is 12.6 Å². The van der Waals surface area contributed by atoms with Gasteiger partial charge >= 0.3 is 6.09 Å². The van der Waals surface area contributed by atoms with E-state index < -0.39 is 23.3 Å². The smallest absolute Gasteiger partial charge is 0.410 e. The second-order valence-corrected chi connectivity index (χ2v) is 7.22. The number of carbonyl (C=O) groups excluding carboxylic acids is 2. The van der Waals surface area contributed by atoms with Crippen LogP contribution in [-0.4, -0.2) is 41.3 Å². The van der Waals surface area contributed by atoms with Crippen molar-refractivity contribution in [2.75, 3.05) is 13.1 Å². The second kappa shape index (κ2) is 6.79. The number of alkyl halides is 1. The lowest BCUT2D eigenvalue weighted by molar-refractivity contribution is -0.132. The van der Waals surface area contributed by atoms with Gasteiger partial charge in [0.2, 0.25) is 5.67 Å². The first-order valence-electron chi connectivity index (χ1n) is 8.13. The molecule has 1 fully saturated rings. The van der Waals surface area contributed by atoms with Crippen LogP contribution in [0, 0.1) is 0 Å². The minimum atomic E-state index is -2.08. The minimum Gasteiger partial charge on any atom is -0.444 e. The fourth-order valence-corrected chi connectivity index (χ4v) is 2.59. The van der Waals surface area contributed by atoms with Gasteiger partial charge in [-0.1, -0.05) is 30.3 Å². The predicted molar refractivity (Wildman–Crippen MR) is 89.3 cm³/mol. The molecule has 1 saturated heterocycles. The lowest BCUT2D eigenvalue weighted by atomic mass is 10.0. The maximum absolute atomic E-state index is 15.0. The molecule has 132 valence electrons. The Bertz CT molecular complexity index is 600. The van der Waals surface area contributed by atoms with Crippen molar-refractivity contribution in [3.63, 3.8) is 0 Å². The lowest BCUT2D eigenvalue weighted by Gasteiger charge is -2.25. The van der Waals surface area contributed by atoms with Gasteiger partial charge in [-0.2, -0.15) is 0 Å². The van der Waals surface area contributed by atoms with Gasteiger partial charge in [0, 0.05) is 13.0 Å². The van der Waals surface area contributed by atoms with Crippen molar-refractivity contribution in [1.82, 2.24) is 10.2 Å². The summed E-state index contributed by atoms with van der Waals surface area (Å²) in [6.07, 6.45) is -0.620. The summed E-state index contributed by atoms with van der Waals surface area (Å²) >= 11 is 0. The highest BCUT2D eigenvalue weighted by molar-refractivity contribution is 5.87. The van der Waals surface area contributed by atoms with Crippen LogP contribution in [0.4, 0.5) is 9.18 Å². The number of hydrogen-bond donors (Lipinski definition) is 1. The fourth-order valence-electron chi connectivity index (χ4n) is 2.59. The van der Waals surface area contributed by atoms with Gasteiger partial charge < -0.3 is 15.0 Å². The van der Waals surface area contributed by atoms with E-state index in [0.717, 1.165) is 5.56 Å². The summed E-state index contributed by atoms with van der Waals surface area (Å²) in [5, 5.41) is 2.69. The molecule has 2 amide bonds. The van der Waals surface area contributed by atoms with E-state index in [9.17, 15) is 14.0 Å². The first-order chi connectivity index (χ1) is 11.1. The molecule has 6 heteroatoms. The van der Waals surface area contributed by atoms with Crippen molar-refractivity contribution >= 4 is 12.0 Å². The first-order valence-corrected chi connectivity index (χ1v) is 8.13. The molecule has 1 heterocycles. The molecule has 5 nitrogen and oxygen atoms in total. The molecule has 0 bridgehead atoms. The molecule has 24 heavy (non-hydrogen) atoms. The average molecular weight is 336 g/mol. The van der Waals surface area contributed by atoms with E-state index in [1.807, 2.05) is 30.3 Å². The Morgan fingerprint density at radius 1 is 1.29 bits per heavy atom. The predicted octanol–water partition coefficient (Wildman–Crippen LogP) is 3.21. The zero-order chi connectivity index (χ0) is 18.0. The van der Waals surface area contributed by atoms with Crippen molar-refractivity contribution in [2.24, 2.45) is 0 Å². The van der Waals surface area contributed by atoms with Crippen LogP contribution in [0.2, 0.25) is 0 Å². The van der Waals surface area contributed by atoms with Crippen molar-refractivity contribution in [1.29, 1.82) is 0 Å². The molecule has 0 spiro atoms. The van der Waals surface area contributed by atoms with E-state index in [-0.39, 0.29) is 25.6 Å². The zero-order valence-electron chi connectivity index (χ0n) is 14.6. The van der Waals surface area contributed by atoms with Crippen LogP contribution in [0.3, 0.4) is 0 Å².